The first-order chi connectivity index (χ1) is 6.86. The first-order valence-corrected chi connectivity index (χ1v) is 5.63. The molecule has 1 N–H and O–H groups in total. The molecule has 0 fully saturated rings. The van der Waals surface area contributed by atoms with Gasteiger partial charge in [-0.05, 0) is 23.6 Å². The summed E-state index contributed by atoms with van der Waals surface area (Å²) in [7, 11) is 0. The Hall–Kier alpha value is -0.700. The van der Waals surface area contributed by atoms with Crippen LogP contribution in [0.3, 0.4) is 0 Å². The fourth-order valence-electron chi connectivity index (χ4n) is 1.20. The Morgan fingerprint density at radius 3 is 2.60 bits per heavy atom. The van der Waals surface area contributed by atoms with Crippen LogP contribution in [0.25, 0.3) is 0 Å². The molecule has 0 saturated carbocycles. The Morgan fingerprint density at radius 1 is 1.13 bits per heavy atom. The van der Waals surface area contributed by atoms with Gasteiger partial charge in [0.15, 0.2) is 0 Å². The topological polar surface area (TPSA) is 12.0 Å². The molecule has 0 bridgehead atoms. The lowest BCUT2D eigenvalue weighted by Gasteiger charge is -2.05. The first kappa shape index (κ1) is 12.4. The van der Waals surface area contributed by atoms with Crippen molar-refractivity contribution in [1.29, 1.82) is 0 Å². The number of thiophene rings is 1. The third-order valence-corrected chi connectivity index (χ3v) is 3.11. The highest BCUT2D eigenvalue weighted by Crippen LogP contribution is 2.21. The Morgan fingerprint density at radius 2 is 1.93 bits per heavy atom. The highest BCUT2D eigenvalue weighted by Gasteiger charge is 1.98. The molecule has 0 atom stereocenters. The second-order valence-corrected chi connectivity index (χ2v) is 4.35. The summed E-state index contributed by atoms with van der Waals surface area (Å²) < 4.78 is 0. The van der Waals surface area contributed by atoms with Crippen LogP contribution in [-0.2, 0) is 6.54 Å². The van der Waals surface area contributed by atoms with E-state index in [0.717, 1.165) is 17.3 Å². The maximum absolute atomic E-state index is 6.01. The molecular formula is C11H11Cl2NS. The molecule has 0 amide bonds. The number of hydrogen-bond donors (Lipinski definition) is 1. The zero-order chi connectivity index (χ0) is 9.80. The van der Waals surface area contributed by atoms with E-state index < -0.39 is 0 Å². The minimum Gasteiger partial charge on any atom is -0.379 e. The van der Waals surface area contributed by atoms with Crippen molar-refractivity contribution in [2.45, 2.75) is 6.54 Å². The summed E-state index contributed by atoms with van der Waals surface area (Å²) in [6, 6.07) is 11.9. The van der Waals surface area contributed by atoms with Gasteiger partial charge in [-0.2, -0.15) is 0 Å². The standard InChI is InChI=1S/C11H10ClNS.ClH/c12-10-5-1-2-6-11(10)13-8-9-4-3-7-14-9;/h1-7,13H,8H2;1H. The maximum Gasteiger partial charge on any atom is 0.0637 e. The molecule has 0 radical (unpaired) electrons. The maximum atomic E-state index is 6.01. The summed E-state index contributed by atoms with van der Waals surface area (Å²) in [4.78, 5) is 1.31. The SMILES string of the molecule is Cl.Clc1ccccc1NCc1cccs1. The lowest BCUT2D eigenvalue weighted by Crippen LogP contribution is -1.97. The van der Waals surface area contributed by atoms with E-state index in [2.05, 4.69) is 16.8 Å². The molecule has 0 unspecified atom stereocenters. The lowest BCUT2D eigenvalue weighted by atomic mass is 10.3. The molecule has 0 aliphatic heterocycles. The van der Waals surface area contributed by atoms with Crippen LogP contribution in [-0.4, -0.2) is 0 Å². The zero-order valence-electron chi connectivity index (χ0n) is 7.94. The Kier molecular flexibility index (Phi) is 4.95. The van der Waals surface area contributed by atoms with Crippen molar-refractivity contribution in [2.24, 2.45) is 0 Å². The molecule has 0 saturated heterocycles. The van der Waals surface area contributed by atoms with Crippen LogP contribution in [0.15, 0.2) is 41.8 Å². The predicted octanol–water partition coefficient (Wildman–Crippen LogP) is 4.44. The van der Waals surface area contributed by atoms with Gasteiger partial charge in [-0.3, -0.25) is 0 Å². The van der Waals surface area contributed by atoms with Gasteiger partial charge in [0.25, 0.3) is 0 Å². The van der Waals surface area contributed by atoms with E-state index >= 15 is 0 Å². The van der Waals surface area contributed by atoms with E-state index in [0.29, 0.717) is 0 Å². The van der Waals surface area contributed by atoms with Gasteiger partial charge in [0.1, 0.15) is 0 Å². The number of hydrogen-bond acceptors (Lipinski definition) is 2. The third kappa shape index (κ3) is 3.42. The minimum absolute atomic E-state index is 0. The Balaban J connectivity index is 0.00000112. The average molecular weight is 260 g/mol. The van der Waals surface area contributed by atoms with Gasteiger partial charge in [-0.25, -0.2) is 0 Å². The van der Waals surface area contributed by atoms with Crippen molar-refractivity contribution in [1.82, 2.24) is 0 Å². The fraction of sp³-hybridized carbons (Fsp3) is 0.0909. The number of nitrogens with one attached hydrogen (secondary N) is 1. The van der Waals surface area contributed by atoms with Crippen LogP contribution in [0.1, 0.15) is 4.88 Å². The van der Waals surface area contributed by atoms with E-state index in [1.165, 1.54) is 4.88 Å². The van der Waals surface area contributed by atoms with Crippen molar-refractivity contribution in [3.63, 3.8) is 0 Å². The number of para-hydroxylation sites is 1. The van der Waals surface area contributed by atoms with Crippen molar-refractivity contribution < 1.29 is 0 Å². The summed E-state index contributed by atoms with van der Waals surface area (Å²) in [6.45, 7) is 0.835. The molecule has 1 aromatic carbocycles. The van der Waals surface area contributed by atoms with Gasteiger partial charge in [-0.15, -0.1) is 23.7 Å². The molecule has 0 spiro atoms. The summed E-state index contributed by atoms with van der Waals surface area (Å²) in [5.74, 6) is 0. The molecule has 4 heteroatoms. The molecule has 0 aliphatic carbocycles. The van der Waals surface area contributed by atoms with Crippen molar-refractivity contribution in [2.75, 3.05) is 5.32 Å². The summed E-state index contributed by atoms with van der Waals surface area (Å²) >= 11 is 7.75. The van der Waals surface area contributed by atoms with Crippen LogP contribution in [0.4, 0.5) is 5.69 Å². The van der Waals surface area contributed by atoms with Gasteiger partial charge in [0.2, 0.25) is 0 Å². The molecule has 2 rings (SSSR count). The number of halogens is 2. The van der Waals surface area contributed by atoms with E-state index in [-0.39, 0.29) is 12.4 Å². The third-order valence-electron chi connectivity index (χ3n) is 1.91. The molecule has 15 heavy (non-hydrogen) atoms. The number of rotatable bonds is 3. The highest BCUT2D eigenvalue weighted by atomic mass is 35.5. The summed E-state index contributed by atoms with van der Waals surface area (Å²) in [6.07, 6.45) is 0. The second kappa shape index (κ2) is 6.01. The van der Waals surface area contributed by atoms with Gasteiger partial charge in [-0.1, -0.05) is 29.8 Å². The number of benzene rings is 1. The zero-order valence-corrected chi connectivity index (χ0v) is 10.3. The van der Waals surface area contributed by atoms with Gasteiger partial charge >= 0.3 is 0 Å². The molecule has 1 heterocycles. The van der Waals surface area contributed by atoms with Gasteiger partial charge < -0.3 is 5.32 Å². The molecular weight excluding hydrogens is 249 g/mol. The second-order valence-electron chi connectivity index (χ2n) is 2.91. The summed E-state index contributed by atoms with van der Waals surface area (Å²) in [5.41, 5.74) is 0.988. The van der Waals surface area contributed by atoms with Crippen LogP contribution in [0.5, 0.6) is 0 Å². The Bertz CT molecular complexity index is 401. The highest BCUT2D eigenvalue weighted by molar-refractivity contribution is 7.09. The monoisotopic (exact) mass is 259 g/mol. The normalized spacial score (nSPS) is 9.40. The molecule has 80 valence electrons. The number of anilines is 1. The van der Waals surface area contributed by atoms with Crippen LogP contribution in [0.2, 0.25) is 5.02 Å². The quantitative estimate of drug-likeness (QED) is 0.860. The van der Waals surface area contributed by atoms with Crippen molar-refractivity contribution >= 4 is 41.0 Å². The van der Waals surface area contributed by atoms with E-state index in [1.54, 1.807) is 11.3 Å². The summed E-state index contributed by atoms with van der Waals surface area (Å²) in [5, 5.41) is 6.13. The largest absolute Gasteiger partial charge is 0.379 e. The molecule has 1 nitrogen and oxygen atoms in total. The van der Waals surface area contributed by atoms with Gasteiger partial charge in [0, 0.05) is 11.4 Å². The molecule has 1 aromatic heterocycles. The smallest absolute Gasteiger partial charge is 0.0637 e. The van der Waals surface area contributed by atoms with Crippen LogP contribution in [0, 0.1) is 0 Å². The lowest BCUT2D eigenvalue weighted by molar-refractivity contribution is 1.19. The van der Waals surface area contributed by atoms with Crippen molar-refractivity contribution in [3.8, 4) is 0 Å². The van der Waals surface area contributed by atoms with Gasteiger partial charge in [0.05, 0.1) is 10.7 Å². The predicted molar refractivity (Wildman–Crippen MR) is 70.3 cm³/mol. The Labute approximate surface area is 105 Å². The molecule has 2 aromatic rings. The fourth-order valence-corrected chi connectivity index (χ4v) is 2.05. The van der Waals surface area contributed by atoms with E-state index in [1.807, 2.05) is 30.3 Å². The minimum atomic E-state index is 0. The van der Waals surface area contributed by atoms with Crippen LogP contribution >= 0.6 is 35.3 Å². The first-order valence-electron chi connectivity index (χ1n) is 4.37. The van der Waals surface area contributed by atoms with E-state index in [4.69, 9.17) is 11.6 Å². The van der Waals surface area contributed by atoms with Crippen molar-refractivity contribution in [3.05, 3.63) is 51.7 Å². The van der Waals surface area contributed by atoms with E-state index in [9.17, 15) is 0 Å². The average Bonchev–Trinajstić information content (AvgIpc) is 2.69. The molecule has 0 aliphatic rings. The van der Waals surface area contributed by atoms with Crippen LogP contribution < -0.4 is 5.32 Å².